The van der Waals surface area contributed by atoms with Crippen LogP contribution in [0.3, 0.4) is 0 Å². The van der Waals surface area contributed by atoms with Crippen LogP contribution in [-0.4, -0.2) is 40.8 Å². The summed E-state index contributed by atoms with van der Waals surface area (Å²) in [7, 11) is 1.64. The molecule has 0 amide bonds. The van der Waals surface area contributed by atoms with E-state index in [2.05, 4.69) is 4.90 Å². The van der Waals surface area contributed by atoms with Crippen LogP contribution in [0.2, 0.25) is 0 Å². The van der Waals surface area contributed by atoms with Gasteiger partial charge in [-0.05, 0) is 41.8 Å². The van der Waals surface area contributed by atoms with Gasteiger partial charge < -0.3 is 14.9 Å². The topological polar surface area (TPSA) is 70.0 Å². The predicted molar refractivity (Wildman–Crippen MR) is 90.2 cm³/mol. The molecule has 0 spiro atoms. The molecule has 0 aromatic heterocycles. The average Bonchev–Trinajstić information content (AvgIpc) is 2.95. The summed E-state index contributed by atoms with van der Waals surface area (Å²) in [6.07, 6.45) is 0.273. The van der Waals surface area contributed by atoms with Crippen molar-refractivity contribution in [2.24, 2.45) is 0 Å². The Morgan fingerprint density at radius 2 is 2.04 bits per heavy atom. The number of carbonyl (C=O) groups is 1. The molecule has 126 valence electrons. The zero-order valence-electron chi connectivity index (χ0n) is 13.6. The molecule has 1 fully saturated rings. The fourth-order valence-electron chi connectivity index (χ4n) is 3.29. The molecule has 0 aliphatic carbocycles. The number of aliphatic hydroxyl groups is 1. The van der Waals surface area contributed by atoms with Crippen molar-refractivity contribution in [1.29, 1.82) is 0 Å². The van der Waals surface area contributed by atoms with Crippen LogP contribution in [0.15, 0.2) is 48.5 Å². The van der Waals surface area contributed by atoms with Crippen molar-refractivity contribution in [2.75, 3.05) is 13.7 Å². The molecule has 2 atom stereocenters. The van der Waals surface area contributed by atoms with E-state index in [9.17, 15) is 9.90 Å². The highest BCUT2D eigenvalue weighted by Gasteiger charge is 2.32. The largest absolute Gasteiger partial charge is 0.497 e. The maximum atomic E-state index is 11.1. The molecule has 5 nitrogen and oxygen atoms in total. The first-order valence-electron chi connectivity index (χ1n) is 7.95. The first kappa shape index (κ1) is 16.5. The standard InChI is InChI=1S/C19H21NO4/c1-24-17-7-3-5-14(9-17)18-10-16(21)12-20(18)11-13-4-2-6-15(8-13)19(22)23/h2-9,16,18,21H,10-12H2,1H3,(H,22,23). The van der Waals surface area contributed by atoms with Gasteiger partial charge in [-0.3, -0.25) is 4.90 Å². The van der Waals surface area contributed by atoms with Crippen LogP contribution in [0.1, 0.15) is 33.9 Å². The number of β-amino-alcohol motifs (C(OH)–C–C–N with tert-alkyl or cyclic N) is 1. The second-order valence-corrected chi connectivity index (χ2v) is 6.12. The van der Waals surface area contributed by atoms with Crippen molar-refractivity contribution in [2.45, 2.75) is 25.1 Å². The monoisotopic (exact) mass is 327 g/mol. The van der Waals surface area contributed by atoms with Gasteiger partial charge in [0.15, 0.2) is 0 Å². The lowest BCUT2D eigenvalue weighted by atomic mass is 10.0. The maximum absolute atomic E-state index is 11.1. The molecule has 0 radical (unpaired) electrons. The van der Waals surface area contributed by atoms with Crippen LogP contribution in [0, 0.1) is 0 Å². The zero-order chi connectivity index (χ0) is 17.1. The third kappa shape index (κ3) is 3.58. The summed E-state index contributed by atoms with van der Waals surface area (Å²) in [6, 6.07) is 14.9. The Labute approximate surface area is 141 Å². The zero-order valence-corrected chi connectivity index (χ0v) is 13.6. The van der Waals surface area contributed by atoms with Crippen molar-refractivity contribution in [3.63, 3.8) is 0 Å². The smallest absolute Gasteiger partial charge is 0.335 e. The van der Waals surface area contributed by atoms with Crippen LogP contribution < -0.4 is 4.74 Å². The van der Waals surface area contributed by atoms with Gasteiger partial charge in [0.25, 0.3) is 0 Å². The highest BCUT2D eigenvalue weighted by molar-refractivity contribution is 5.87. The molecule has 24 heavy (non-hydrogen) atoms. The van der Waals surface area contributed by atoms with Gasteiger partial charge in [-0.1, -0.05) is 24.3 Å². The highest BCUT2D eigenvalue weighted by Crippen LogP contribution is 2.34. The quantitative estimate of drug-likeness (QED) is 0.883. The van der Waals surface area contributed by atoms with Crippen LogP contribution in [0.25, 0.3) is 0 Å². The molecule has 1 heterocycles. The number of hydrogen-bond acceptors (Lipinski definition) is 4. The van der Waals surface area contributed by atoms with Crippen LogP contribution in [0.4, 0.5) is 0 Å². The Kier molecular flexibility index (Phi) is 4.83. The summed E-state index contributed by atoms with van der Waals surface area (Å²) >= 11 is 0. The minimum absolute atomic E-state index is 0.0867. The molecule has 3 rings (SSSR count). The molecule has 2 N–H and O–H groups in total. The van der Waals surface area contributed by atoms with Crippen LogP contribution in [-0.2, 0) is 6.54 Å². The van der Waals surface area contributed by atoms with Crippen molar-refractivity contribution in [3.05, 3.63) is 65.2 Å². The number of hydrogen-bond donors (Lipinski definition) is 2. The summed E-state index contributed by atoms with van der Waals surface area (Å²) < 4.78 is 5.29. The van der Waals surface area contributed by atoms with E-state index in [1.807, 2.05) is 30.3 Å². The molecule has 2 aromatic rings. The van der Waals surface area contributed by atoms with E-state index in [1.54, 1.807) is 25.3 Å². The molecule has 2 aromatic carbocycles. The molecular weight excluding hydrogens is 306 g/mol. The van der Waals surface area contributed by atoms with E-state index in [-0.39, 0.29) is 17.7 Å². The van der Waals surface area contributed by atoms with Gasteiger partial charge >= 0.3 is 5.97 Å². The number of nitrogens with zero attached hydrogens (tertiary/aromatic N) is 1. The fraction of sp³-hybridized carbons (Fsp3) is 0.316. The van der Waals surface area contributed by atoms with E-state index in [4.69, 9.17) is 9.84 Å². The predicted octanol–water partition coefficient (Wildman–Crippen LogP) is 2.70. The maximum Gasteiger partial charge on any atom is 0.335 e. The second-order valence-electron chi connectivity index (χ2n) is 6.12. The van der Waals surface area contributed by atoms with E-state index in [0.29, 0.717) is 19.5 Å². The number of ether oxygens (including phenoxy) is 1. The first-order chi connectivity index (χ1) is 11.6. The third-order valence-electron chi connectivity index (χ3n) is 4.42. The molecule has 0 saturated carbocycles. The number of likely N-dealkylation sites (tertiary alicyclic amines) is 1. The fourth-order valence-corrected chi connectivity index (χ4v) is 3.29. The number of rotatable bonds is 5. The first-order valence-corrected chi connectivity index (χ1v) is 7.95. The normalized spacial score (nSPS) is 20.9. The lowest BCUT2D eigenvalue weighted by Crippen LogP contribution is -2.24. The molecule has 1 aliphatic rings. The van der Waals surface area contributed by atoms with Gasteiger partial charge in [-0.15, -0.1) is 0 Å². The molecule has 5 heteroatoms. The Hall–Kier alpha value is -2.37. The van der Waals surface area contributed by atoms with Crippen LogP contribution in [0.5, 0.6) is 5.75 Å². The Balaban J connectivity index is 1.83. The molecule has 0 bridgehead atoms. The Morgan fingerprint density at radius 3 is 2.79 bits per heavy atom. The number of benzene rings is 2. The van der Waals surface area contributed by atoms with Crippen molar-refractivity contribution >= 4 is 5.97 Å². The Bertz CT molecular complexity index is 731. The minimum atomic E-state index is -0.928. The van der Waals surface area contributed by atoms with Crippen LogP contribution >= 0.6 is 0 Å². The summed E-state index contributed by atoms with van der Waals surface area (Å²) in [5.41, 5.74) is 2.31. The molecule has 1 saturated heterocycles. The van der Waals surface area contributed by atoms with Gasteiger partial charge in [-0.25, -0.2) is 4.79 Å². The number of methoxy groups -OCH3 is 1. The van der Waals surface area contributed by atoms with E-state index in [1.165, 1.54) is 0 Å². The van der Waals surface area contributed by atoms with Gasteiger partial charge in [0, 0.05) is 19.1 Å². The molecular formula is C19H21NO4. The van der Waals surface area contributed by atoms with Crippen molar-refractivity contribution in [3.8, 4) is 5.75 Å². The van der Waals surface area contributed by atoms with Gasteiger partial charge in [-0.2, -0.15) is 0 Å². The average molecular weight is 327 g/mol. The van der Waals surface area contributed by atoms with E-state index >= 15 is 0 Å². The number of aromatic carboxylic acids is 1. The minimum Gasteiger partial charge on any atom is -0.497 e. The SMILES string of the molecule is COc1cccc(C2CC(O)CN2Cc2cccc(C(=O)O)c2)c1. The lowest BCUT2D eigenvalue weighted by Gasteiger charge is -2.25. The number of carboxylic acids is 1. The number of aliphatic hydroxyl groups excluding tert-OH is 1. The van der Waals surface area contributed by atoms with E-state index in [0.717, 1.165) is 16.9 Å². The van der Waals surface area contributed by atoms with Gasteiger partial charge in [0.1, 0.15) is 5.75 Å². The summed E-state index contributed by atoms with van der Waals surface area (Å²) in [5, 5.41) is 19.2. The second kappa shape index (κ2) is 7.03. The van der Waals surface area contributed by atoms with E-state index < -0.39 is 5.97 Å². The summed E-state index contributed by atoms with van der Waals surface area (Å²) in [6.45, 7) is 1.17. The van der Waals surface area contributed by atoms with Gasteiger partial charge in [0.05, 0.1) is 18.8 Å². The van der Waals surface area contributed by atoms with Crippen molar-refractivity contribution in [1.82, 2.24) is 4.90 Å². The highest BCUT2D eigenvalue weighted by atomic mass is 16.5. The molecule has 2 unspecified atom stereocenters. The Morgan fingerprint density at radius 1 is 1.25 bits per heavy atom. The molecule has 1 aliphatic heterocycles. The number of carboxylic acid groups (broad SMARTS) is 1. The third-order valence-corrected chi connectivity index (χ3v) is 4.42. The van der Waals surface area contributed by atoms with Crippen molar-refractivity contribution < 1.29 is 19.7 Å². The van der Waals surface area contributed by atoms with Gasteiger partial charge in [0.2, 0.25) is 0 Å². The summed E-state index contributed by atoms with van der Waals surface area (Å²) in [5.74, 6) is -0.135. The lowest BCUT2D eigenvalue weighted by molar-refractivity contribution is 0.0696. The summed E-state index contributed by atoms with van der Waals surface area (Å²) in [4.78, 5) is 13.3.